The zero-order valence-corrected chi connectivity index (χ0v) is 35.0. The molecule has 0 saturated carbocycles. The minimum Gasteiger partial charge on any atom is -0.508 e. The largest absolute Gasteiger partial charge is 0.508 e. The van der Waals surface area contributed by atoms with E-state index < -0.39 is 22.7 Å². The minimum atomic E-state index is -1.04. The Hall–Kier alpha value is -7.84. The number of hydrogen-bond acceptors (Lipinski definition) is 8. The summed E-state index contributed by atoms with van der Waals surface area (Å²) in [5.41, 5.74) is 5.23. The van der Waals surface area contributed by atoms with Gasteiger partial charge in [0.25, 0.3) is 0 Å². The summed E-state index contributed by atoms with van der Waals surface area (Å²) in [6.45, 7) is 0. The number of benzene rings is 8. The van der Waals surface area contributed by atoms with Crippen molar-refractivity contribution in [2.45, 2.75) is 48.3 Å². The molecule has 0 radical (unpaired) electrons. The van der Waals surface area contributed by atoms with E-state index in [-0.39, 0.29) is 46.0 Å². The number of aromatic hydroxyl groups is 8. The highest BCUT2D eigenvalue weighted by atomic mass is 16.3. The van der Waals surface area contributed by atoms with Gasteiger partial charge in [0.2, 0.25) is 0 Å². The first-order valence-electron chi connectivity index (χ1n) is 21.2. The van der Waals surface area contributed by atoms with Gasteiger partial charge < -0.3 is 40.9 Å². The molecule has 2 unspecified atom stereocenters. The Morgan fingerprint density at radius 2 is 0.609 bits per heavy atom. The molecule has 322 valence electrons. The van der Waals surface area contributed by atoms with Crippen LogP contribution in [0.15, 0.2) is 194 Å². The van der Waals surface area contributed by atoms with Crippen LogP contribution in [0.25, 0.3) is 0 Å². The first-order valence-corrected chi connectivity index (χ1v) is 21.2. The Morgan fingerprint density at radius 1 is 0.312 bits per heavy atom. The highest BCUT2D eigenvalue weighted by Gasteiger charge is 2.50. The zero-order chi connectivity index (χ0) is 44.8. The topological polar surface area (TPSA) is 162 Å². The number of hydrogen-bond donors (Lipinski definition) is 8. The van der Waals surface area contributed by atoms with Crippen LogP contribution in [0.2, 0.25) is 0 Å². The van der Waals surface area contributed by atoms with E-state index in [1.165, 1.54) is 0 Å². The van der Waals surface area contributed by atoms with Gasteiger partial charge in [-0.1, -0.05) is 97.1 Å². The second-order valence-electron chi connectivity index (χ2n) is 16.7. The molecular weight excluding hydrogens is 801 g/mol. The van der Waals surface area contributed by atoms with Crippen LogP contribution in [0.4, 0.5) is 0 Å². The van der Waals surface area contributed by atoms with Gasteiger partial charge in [0.1, 0.15) is 46.0 Å². The van der Waals surface area contributed by atoms with Crippen molar-refractivity contribution in [3.63, 3.8) is 0 Å². The van der Waals surface area contributed by atoms with Crippen molar-refractivity contribution in [1.29, 1.82) is 0 Å². The summed E-state index contributed by atoms with van der Waals surface area (Å²) in [6.07, 6.45) is 1.88. The van der Waals surface area contributed by atoms with Gasteiger partial charge in [-0.2, -0.15) is 0 Å². The highest BCUT2D eigenvalue weighted by Crippen LogP contribution is 2.58. The van der Waals surface area contributed by atoms with E-state index >= 15 is 0 Å². The van der Waals surface area contributed by atoms with Gasteiger partial charge in [0.05, 0.1) is 0 Å². The van der Waals surface area contributed by atoms with Gasteiger partial charge in [-0.25, -0.2) is 0 Å². The maximum atomic E-state index is 10.8. The normalized spacial score (nSPS) is 12.7. The van der Waals surface area contributed by atoms with E-state index in [9.17, 15) is 40.9 Å². The Morgan fingerprint density at radius 3 is 0.984 bits per heavy atom. The molecule has 0 bridgehead atoms. The monoisotopic (exact) mass is 850 g/mol. The molecule has 64 heavy (non-hydrogen) atoms. The smallest absolute Gasteiger partial charge is 0.115 e. The lowest BCUT2D eigenvalue weighted by atomic mass is 9.53. The average Bonchev–Trinajstić information content (AvgIpc) is 3.30. The lowest BCUT2D eigenvalue weighted by Gasteiger charge is -2.49. The van der Waals surface area contributed by atoms with E-state index in [0.29, 0.717) is 25.7 Å². The number of phenolic OH excluding ortho intramolecular Hbond substituents is 8. The van der Waals surface area contributed by atoms with Crippen LogP contribution in [0.1, 0.15) is 69.2 Å². The first-order chi connectivity index (χ1) is 30.9. The van der Waals surface area contributed by atoms with Crippen molar-refractivity contribution in [3.05, 3.63) is 239 Å². The quantitative estimate of drug-likeness (QED) is 0.0506. The minimum absolute atomic E-state index is 0.0807. The molecule has 0 aromatic heterocycles. The van der Waals surface area contributed by atoms with E-state index in [2.05, 4.69) is 0 Å². The predicted molar refractivity (Wildman–Crippen MR) is 249 cm³/mol. The fraction of sp³-hybridized carbons (Fsp3) is 0.143. The first kappa shape index (κ1) is 42.8. The van der Waals surface area contributed by atoms with Crippen molar-refractivity contribution >= 4 is 0 Å². The predicted octanol–water partition coefficient (Wildman–Crippen LogP) is 11.4. The Labute approximate surface area is 372 Å². The second-order valence-corrected chi connectivity index (χ2v) is 16.7. The third kappa shape index (κ3) is 9.03. The maximum Gasteiger partial charge on any atom is 0.115 e. The molecule has 0 aliphatic carbocycles. The fourth-order valence-corrected chi connectivity index (χ4v) is 9.73. The highest BCUT2D eigenvalue weighted by molar-refractivity contribution is 5.53. The Kier molecular flexibility index (Phi) is 12.2. The van der Waals surface area contributed by atoms with Crippen molar-refractivity contribution in [3.8, 4) is 46.0 Å². The molecule has 0 heterocycles. The van der Waals surface area contributed by atoms with Gasteiger partial charge in [-0.15, -0.1) is 0 Å². The molecule has 8 N–H and O–H groups in total. The maximum absolute atomic E-state index is 10.8. The van der Waals surface area contributed by atoms with Crippen LogP contribution >= 0.6 is 0 Å². The van der Waals surface area contributed by atoms with Gasteiger partial charge >= 0.3 is 0 Å². The lowest BCUT2D eigenvalue weighted by molar-refractivity contribution is 0.292. The SMILES string of the molecule is Oc1ccc(CCC(CC(c2ccc(O)cc2)C(c2ccc(O)cc2)C(Cc2ccc(O)cc2)(c2ccc(O)cc2)c2ccc(O)cc2)(c2ccc(O)cc2)c2ccc(O)cc2)cc1. The zero-order valence-electron chi connectivity index (χ0n) is 35.0. The lowest BCUT2D eigenvalue weighted by Crippen LogP contribution is -2.43. The molecule has 8 heteroatoms. The molecule has 0 aliphatic rings. The number of aryl methyl sites for hydroxylation is 1. The second kappa shape index (κ2) is 18.2. The molecule has 0 spiro atoms. The molecule has 0 fully saturated rings. The number of phenols is 8. The van der Waals surface area contributed by atoms with Gasteiger partial charge in [0.15, 0.2) is 0 Å². The molecule has 2 atom stereocenters. The summed E-state index contributed by atoms with van der Waals surface area (Å²) in [7, 11) is 0. The van der Waals surface area contributed by atoms with Gasteiger partial charge in [0, 0.05) is 16.7 Å². The van der Waals surface area contributed by atoms with E-state index in [1.54, 1.807) is 97.1 Å². The van der Waals surface area contributed by atoms with Crippen LogP contribution in [-0.2, 0) is 23.7 Å². The van der Waals surface area contributed by atoms with Crippen LogP contribution < -0.4 is 0 Å². The van der Waals surface area contributed by atoms with Gasteiger partial charge in [-0.3, -0.25) is 0 Å². The third-order valence-electron chi connectivity index (χ3n) is 12.9. The Balaban J connectivity index is 1.49. The third-order valence-corrected chi connectivity index (χ3v) is 12.9. The molecule has 8 nitrogen and oxygen atoms in total. The molecule has 0 aliphatic heterocycles. The van der Waals surface area contributed by atoms with Crippen LogP contribution in [0.5, 0.6) is 46.0 Å². The molecular formula is C56H50O8. The van der Waals surface area contributed by atoms with E-state index in [4.69, 9.17) is 0 Å². The van der Waals surface area contributed by atoms with Crippen molar-refractivity contribution in [2.75, 3.05) is 0 Å². The van der Waals surface area contributed by atoms with E-state index in [1.807, 2.05) is 97.1 Å². The summed E-state index contributed by atoms with van der Waals surface area (Å²) >= 11 is 0. The summed E-state index contributed by atoms with van der Waals surface area (Å²) in [6, 6.07) is 57.5. The molecule has 8 aromatic carbocycles. The van der Waals surface area contributed by atoms with Crippen LogP contribution in [0, 0.1) is 0 Å². The standard InChI is InChI=1S/C56H50O8/c57-45-17-1-37(2-18-45)33-34-55(41-9-25-49(61)26-10-41,42-11-27-50(62)28-12-42)36-53(39-5-21-47(59)22-6-39)54(40-7-23-48(60)24-8-40)56(43-13-29-51(63)30-14-43,44-15-31-52(64)32-16-44)35-38-3-19-46(58)20-4-38/h1-32,53-54,57-64H,33-36H2. The molecule has 8 rings (SSSR count). The molecule has 8 aromatic rings. The van der Waals surface area contributed by atoms with Crippen molar-refractivity contribution < 1.29 is 40.9 Å². The van der Waals surface area contributed by atoms with Gasteiger partial charge in [-0.05, 0) is 173 Å². The number of rotatable bonds is 15. The van der Waals surface area contributed by atoms with Crippen molar-refractivity contribution in [2.24, 2.45) is 0 Å². The summed E-state index contributed by atoms with van der Waals surface area (Å²) in [5, 5.41) is 85.4. The molecule has 0 saturated heterocycles. The van der Waals surface area contributed by atoms with Crippen LogP contribution in [0.3, 0.4) is 0 Å². The summed E-state index contributed by atoms with van der Waals surface area (Å²) in [4.78, 5) is 0. The van der Waals surface area contributed by atoms with Crippen LogP contribution in [-0.4, -0.2) is 40.9 Å². The van der Waals surface area contributed by atoms with E-state index in [0.717, 1.165) is 44.5 Å². The summed E-state index contributed by atoms with van der Waals surface area (Å²) < 4.78 is 0. The summed E-state index contributed by atoms with van der Waals surface area (Å²) in [5.74, 6) is -0.195. The Bertz CT molecular complexity index is 2660. The average molecular weight is 851 g/mol. The fourth-order valence-electron chi connectivity index (χ4n) is 9.73. The molecule has 0 amide bonds. The van der Waals surface area contributed by atoms with Crippen molar-refractivity contribution in [1.82, 2.24) is 0 Å².